The first-order valence-electron chi connectivity index (χ1n) is 14.8. The molecule has 0 aliphatic rings. The summed E-state index contributed by atoms with van der Waals surface area (Å²) in [6.07, 6.45) is -0.728. The predicted octanol–water partition coefficient (Wildman–Crippen LogP) is 7.34. The third kappa shape index (κ3) is 8.02. The summed E-state index contributed by atoms with van der Waals surface area (Å²) in [6, 6.07) is 37.4. The number of amides is 2. The van der Waals surface area contributed by atoms with E-state index in [1.807, 2.05) is 121 Å². The van der Waals surface area contributed by atoms with Crippen molar-refractivity contribution in [2.75, 3.05) is 6.61 Å². The summed E-state index contributed by atoms with van der Waals surface area (Å²) in [6.45, 7) is 10.6. The van der Waals surface area contributed by atoms with E-state index in [0.717, 1.165) is 22.3 Å². The van der Waals surface area contributed by atoms with E-state index in [1.54, 1.807) is 0 Å². The van der Waals surface area contributed by atoms with E-state index in [0.29, 0.717) is 0 Å². The number of ether oxygens (including phenoxy) is 1. The Labute approximate surface area is 261 Å². The Balaban J connectivity index is 1.62. The fourth-order valence-electron chi connectivity index (χ4n) is 4.49. The van der Waals surface area contributed by atoms with Crippen molar-refractivity contribution in [2.24, 2.45) is 0 Å². The van der Waals surface area contributed by atoms with Gasteiger partial charge in [-0.3, -0.25) is 9.63 Å². The number of carbonyl (C=O) groups is 2. The molecule has 8 heteroatoms. The van der Waals surface area contributed by atoms with E-state index in [1.165, 1.54) is 0 Å². The summed E-state index contributed by atoms with van der Waals surface area (Å²) in [5.74, 6) is -0.562. The zero-order valence-electron chi connectivity index (χ0n) is 26.1. The van der Waals surface area contributed by atoms with Crippen molar-refractivity contribution in [3.8, 4) is 0 Å². The Bertz CT molecular complexity index is 1380. The third-order valence-corrected chi connectivity index (χ3v) is 12.6. The van der Waals surface area contributed by atoms with Crippen LogP contribution in [0.2, 0.25) is 18.1 Å². The van der Waals surface area contributed by atoms with E-state index in [9.17, 15) is 9.59 Å². The maximum Gasteiger partial charge on any atom is 0.408 e. The third-order valence-electron chi connectivity index (χ3n) is 8.08. The number of nitrogens with one attached hydrogen (secondary N) is 2. The highest BCUT2D eigenvalue weighted by atomic mass is 28.4. The second-order valence-corrected chi connectivity index (χ2v) is 17.0. The zero-order valence-corrected chi connectivity index (χ0v) is 27.1. The standard InChI is InChI=1S/C36H42N2O5Si/c1-35(2,3)44(4,5)42-27-32(37-34(40)41-26-28-18-10-6-11-19-28)33(39)38-43-36(29-20-12-7-13-21-29,30-22-14-8-15-23-30)31-24-16-9-17-25-31/h6-25,32H,26-27H2,1-5H3,(H,37,40)(H,38,39). The highest BCUT2D eigenvalue weighted by Gasteiger charge is 2.41. The summed E-state index contributed by atoms with van der Waals surface area (Å²) < 4.78 is 11.8. The van der Waals surface area contributed by atoms with Crippen LogP contribution in [0.3, 0.4) is 0 Å². The van der Waals surface area contributed by atoms with Crippen LogP contribution in [0, 0.1) is 0 Å². The van der Waals surface area contributed by atoms with E-state index in [-0.39, 0.29) is 18.3 Å². The molecular formula is C36H42N2O5Si. The molecule has 7 nitrogen and oxygen atoms in total. The molecule has 0 aromatic heterocycles. The van der Waals surface area contributed by atoms with Gasteiger partial charge in [0.25, 0.3) is 5.91 Å². The molecule has 230 valence electrons. The second-order valence-electron chi connectivity index (χ2n) is 12.2. The second kappa shape index (κ2) is 14.5. The maximum absolute atomic E-state index is 13.9. The quantitative estimate of drug-likeness (QED) is 0.0996. The van der Waals surface area contributed by atoms with Crippen molar-refractivity contribution in [1.82, 2.24) is 10.8 Å². The summed E-state index contributed by atoms with van der Waals surface area (Å²) in [5, 5.41) is 2.61. The van der Waals surface area contributed by atoms with Gasteiger partial charge in [0.2, 0.25) is 0 Å². The van der Waals surface area contributed by atoms with Crippen molar-refractivity contribution in [3.63, 3.8) is 0 Å². The minimum atomic E-state index is -2.27. The lowest BCUT2D eigenvalue weighted by molar-refractivity contribution is -0.146. The smallest absolute Gasteiger partial charge is 0.408 e. The van der Waals surface area contributed by atoms with Gasteiger partial charge in [0.05, 0.1) is 6.61 Å². The first-order valence-corrected chi connectivity index (χ1v) is 17.7. The Morgan fingerprint density at radius 3 is 1.57 bits per heavy atom. The Hall–Kier alpha value is -4.24. The highest BCUT2D eigenvalue weighted by molar-refractivity contribution is 6.74. The molecule has 4 rings (SSSR count). The van der Waals surface area contributed by atoms with Crippen LogP contribution in [0.25, 0.3) is 0 Å². The number of alkyl carbamates (subject to hydrolysis) is 1. The number of rotatable bonds is 12. The molecule has 2 N–H and O–H groups in total. The molecule has 0 bridgehead atoms. The van der Waals surface area contributed by atoms with Crippen molar-refractivity contribution in [3.05, 3.63) is 144 Å². The topological polar surface area (TPSA) is 85.9 Å². The molecular weight excluding hydrogens is 568 g/mol. The normalized spacial score (nSPS) is 12.7. The van der Waals surface area contributed by atoms with Crippen LogP contribution in [0.1, 0.15) is 43.0 Å². The van der Waals surface area contributed by atoms with Crippen LogP contribution < -0.4 is 10.8 Å². The van der Waals surface area contributed by atoms with Gasteiger partial charge < -0.3 is 14.5 Å². The SMILES string of the molecule is CC(C)(C)[Si](C)(C)OCC(NC(=O)OCc1ccccc1)C(=O)NOC(c1ccccc1)(c1ccccc1)c1ccccc1. The summed E-state index contributed by atoms with van der Waals surface area (Å²) in [7, 11) is -2.27. The largest absolute Gasteiger partial charge is 0.445 e. The average Bonchev–Trinajstić information content (AvgIpc) is 3.04. The lowest BCUT2D eigenvalue weighted by atomic mass is 9.80. The van der Waals surface area contributed by atoms with Gasteiger partial charge in [0.1, 0.15) is 12.6 Å². The van der Waals surface area contributed by atoms with Crippen LogP contribution in [-0.2, 0) is 31.0 Å². The molecule has 4 aromatic carbocycles. The number of hydrogen-bond acceptors (Lipinski definition) is 5. The van der Waals surface area contributed by atoms with Gasteiger partial charge in [0, 0.05) is 0 Å². The summed E-state index contributed by atoms with van der Waals surface area (Å²) in [5.41, 5.74) is 4.82. The molecule has 0 aliphatic carbocycles. The van der Waals surface area contributed by atoms with E-state index in [2.05, 4.69) is 44.7 Å². The van der Waals surface area contributed by atoms with Crippen LogP contribution in [0.5, 0.6) is 0 Å². The summed E-state index contributed by atoms with van der Waals surface area (Å²) >= 11 is 0. The van der Waals surface area contributed by atoms with Gasteiger partial charge in [-0.2, -0.15) is 0 Å². The lowest BCUT2D eigenvalue weighted by Crippen LogP contribution is -2.54. The fraction of sp³-hybridized carbons (Fsp3) is 0.278. The van der Waals surface area contributed by atoms with E-state index >= 15 is 0 Å². The first-order chi connectivity index (χ1) is 21.0. The molecule has 0 fully saturated rings. The number of benzene rings is 4. The molecule has 2 amide bonds. The van der Waals surface area contributed by atoms with Gasteiger partial charge in [-0.25, -0.2) is 10.3 Å². The zero-order chi connectivity index (χ0) is 31.6. The fourth-order valence-corrected chi connectivity index (χ4v) is 5.51. The van der Waals surface area contributed by atoms with Crippen LogP contribution in [0.15, 0.2) is 121 Å². The molecule has 0 spiro atoms. The molecule has 1 unspecified atom stereocenters. The molecule has 4 aromatic rings. The van der Waals surface area contributed by atoms with Crippen LogP contribution in [0.4, 0.5) is 4.79 Å². The number of hydrogen-bond donors (Lipinski definition) is 2. The van der Waals surface area contributed by atoms with Crippen LogP contribution >= 0.6 is 0 Å². The maximum atomic E-state index is 13.9. The van der Waals surface area contributed by atoms with Gasteiger partial charge >= 0.3 is 6.09 Å². The Kier molecular flexibility index (Phi) is 10.8. The Morgan fingerprint density at radius 2 is 1.14 bits per heavy atom. The van der Waals surface area contributed by atoms with Gasteiger partial charge in [-0.05, 0) is 40.4 Å². The van der Waals surface area contributed by atoms with Crippen LogP contribution in [-0.4, -0.2) is 33.0 Å². The molecule has 0 saturated carbocycles. The van der Waals surface area contributed by atoms with Gasteiger partial charge in [-0.15, -0.1) is 0 Å². The highest BCUT2D eigenvalue weighted by Crippen LogP contribution is 2.40. The Morgan fingerprint density at radius 1 is 0.705 bits per heavy atom. The predicted molar refractivity (Wildman–Crippen MR) is 175 cm³/mol. The van der Waals surface area contributed by atoms with Gasteiger partial charge in [0.15, 0.2) is 13.9 Å². The molecule has 0 saturated heterocycles. The van der Waals surface area contributed by atoms with Gasteiger partial charge in [-0.1, -0.05) is 142 Å². The van der Waals surface area contributed by atoms with E-state index in [4.69, 9.17) is 14.0 Å². The minimum Gasteiger partial charge on any atom is -0.445 e. The van der Waals surface area contributed by atoms with Crippen molar-refractivity contribution < 1.29 is 23.6 Å². The lowest BCUT2D eigenvalue weighted by Gasteiger charge is -2.37. The summed E-state index contributed by atoms with van der Waals surface area (Å²) in [4.78, 5) is 33.3. The molecule has 44 heavy (non-hydrogen) atoms. The molecule has 0 radical (unpaired) electrons. The van der Waals surface area contributed by atoms with Crippen molar-refractivity contribution in [2.45, 2.75) is 57.2 Å². The molecule has 0 aliphatic heterocycles. The molecule has 1 atom stereocenters. The first kappa shape index (κ1) is 32.7. The number of carbonyl (C=O) groups excluding carboxylic acids is 2. The number of hydroxylamine groups is 1. The monoisotopic (exact) mass is 610 g/mol. The van der Waals surface area contributed by atoms with Crippen molar-refractivity contribution >= 4 is 20.3 Å². The van der Waals surface area contributed by atoms with E-state index < -0.39 is 32.0 Å². The van der Waals surface area contributed by atoms with Crippen molar-refractivity contribution in [1.29, 1.82) is 0 Å². The minimum absolute atomic E-state index is 0.0405. The molecule has 0 heterocycles. The average molecular weight is 611 g/mol.